The molecule has 253 valence electrons. The molecule has 0 bridgehead atoms. The van der Waals surface area contributed by atoms with Crippen molar-refractivity contribution < 1.29 is 28.3 Å². The maximum absolute atomic E-state index is 14.7. The number of alkyl carbamates (subject to hydrolysis) is 1. The second-order valence-corrected chi connectivity index (χ2v) is 15.5. The Labute approximate surface area is 273 Å². The fraction of sp³-hybridized carbons (Fsp3) is 0.568. The molecule has 3 rings (SSSR count). The highest BCUT2D eigenvalue weighted by Gasteiger charge is 2.48. The summed E-state index contributed by atoms with van der Waals surface area (Å²) in [6, 6.07) is 11.3. The van der Waals surface area contributed by atoms with Crippen LogP contribution in [0.4, 0.5) is 13.6 Å². The van der Waals surface area contributed by atoms with E-state index < -0.39 is 34.2 Å². The Balaban J connectivity index is 2.11. The number of carbonyl (C=O) groups excluding carboxylic acids is 2. The Bertz CT molecular complexity index is 1280. The number of piperidine rings is 1. The van der Waals surface area contributed by atoms with E-state index in [2.05, 4.69) is 10.6 Å². The van der Waals surface area contributed by atoms with Crippen LogP contribution in [-0.2, 0) is 27.6 Å². The molecule has 2 aromatic rings. The molecule has 2 amide bonds. The minimum Gasteiger partial charge on any atom is -0.444 e. The van der Waals surface area contributed by atoms with Crippen LogP contribution in [0.1, 0.15) is 92.7 Å². The minimum absolute atomic E-state index is 0.209. The van der Waals surface area contributed by atoms with Gasteiger partial charge in [0.2, 0.25) is 5.91 Å². The first-order valence-corrected chi connectivity index (χ1v) is 16.2. The van der Waals surface area contributed by atoms with Gasteiger partial charge < -0.3 is 15.4 Å². The van der Waals surface area contributed by atoms with Crippen LogP contribution in [0, 0.1) is 23.0 Å². The van der Waals surface area contributed by atoms with Crippen LogP contribution in [0.3, 0.4) is 0 Å². The third-order valence-electron chi connectivity index (χ3n) is 8.32. The van der Waals surface area contributed by atoms with E-state index in [0.717, 1.165) is 16.2 Å². The molecule has 0 saturated carbocycles. The van der Waals surface area contributed by atoms with Crippen LogP contribution >= 0.6 is 0 Å². The summed E-state index contributed by atoms with van der Waals surface area (Å²) in [6.45, 7) is 17.0. The molecule has 1 aliphatic heterocycles. The van der Waals surface area contributed by atoms with Crippen LogP contribution in [-0.4, -0.2) is 45.8 Å². The Morgan fingerprint density at radius 3 is 1.78 bits per heavy atom. The predicted molar refractivity (Wildman–Crippen MR) is 176 cm³/mol. The average Bonchev–Trinajstić information content (AvgIpc) is 2.91. The maximum Gasteiger partial charge on any atom is 0.408 e. The molecule has 1 atom stereocenters. The summed E-state index contributed by atoms with van der Waals surface area (Å²) >= 11 is 0. The molecule has 0 unspecified atom stereocenters. The number of ether oxygens (including phenoxy) is 1. The van der Waals surface area contributed by atoms with Gasteiger partial charge in [-0.3, -0.25) is 4.79 Å². The molecule has 2 N–H and O–H groups in total. The molecule has 0 spiro atoms. The van der Waals surface area contributed by atoms with E-state index in [1.54, 1.807) is 45.0 Å². The molecule has 1 radical (unpaired) electrons. The first-order chi connectivity index (χ1) is 21.2. The first kappa shape index (κ1) is 37.2. The van der Waals surface area contributed by atoms with E-state index in [4.69, 9.17) is 4.74 Å². The lowest BCUT2D eigenvalue weighted by Crippen LogP contribution is -2.63. The number of nitrogens with zero attached hydrogens (tertiary/aromatic N) is 1. The highest BCUT2D eigenvalue weighted by Crippen LogP contribution is 2.38. The molecule has 7 nitrogen and oxygen atoms in total. The third-order valence-corrected chi connectivity index (χ3v) is 8.32. The largest absolute Gasteiger partial charge is 0.444 e. The van der Waals surface area contributed by atoms with Gasteiger partial charge in [0.05, 0.1) is 11.5 Å². The minimum atomic E-state index is -1.22. The van der Waals surface area contributed by atoms with E-state index in [-0.39, 0.29) is 42.3 Å². The SMILES string of the molecule is CC(C)C[C@@H](/C=C/C(Cc1ccc(F)cc1)(Cc1ccc(F)cc1)C(=O)NC1CC(C)(C)N([O])C(C)(C)C1)NC(=O)OC(C)(C)C. The standard InChI is InChI=1S/C37H52F2N3O4/c1-25(2)20-30(41-33(44)46-34(3,4)5)18-19-37(21-26-10-14-28(38)15-11-26,22-27-12-16-29(39)17-13-27)32(43)40-31-23-35(6,7)42(45)36(8,9)24-31/h10-19,25,30-31H,20-24H2,1-9H3,(H,40,43)(H,41,44)/b19-18+/t30-/m1/s1. The normalized spacial score (nSPS) is 18.0. The van der Waals surface area contributed by atoms with Crippen molar-refractivity contribution in [3.63, 3.8) is 0 Å². The number of rotatable bonds is 11. The van der Waals surface area contributed by atoms with Crippen molar-refractivity contribution >= 4 is 12.0 Å². The van der Waals surface area contributed by atoms with E-state index in [1.807, 2.05) is 53.7 Å². The molecule has 0 aromatic heterocycles. The predicted octanol–water partition coefficient (Wildman–Crippen LogP) is 7.72. The van der Waals surface area contributed by atoms with Crippen LogP contribution in [0.25, 0.3) is 0 Å². The molecular formula is C37H52F2N3O4. The highest BCUT2D eigenvalue weighted by atomic mass is 19.1. The van der Waals surface area contributed by atoms with Crippen LogP contribution in [0.2, 0.25) is 0 Å². The zero-order chi connectivity index (χ0) is 34.5. The van der Waals surface area contributed by atoms with Gasteiger partial charge in [-0.2, -0.15) is 0 Å². The zero-order valence-electron chi connectivity index (χ0n) is 28.9. The summed E-state index contributed by atoms with van der Waals surface area (Å²) in [5.74, 6) is -0.835. The average molecular weight is 641 g/mol. The van der Waals surface area contributed by atoms with E-state index in [1.165, 1.54) is 24.3 Å². The van der Waals surface area contributed by atoms with Crippen molar-refractivity contribution in [1.29, 1.82) is 0 Å². The van der Waals surface area contributed by atoms with Gasteiger partial charge in [-0.05, 0) is 122 Å². The molecule has 1 heterocycles. The summed E-state index contributed by atoms with van der Waals surface area (Å²) < 4.78 is 33.4. The van der Waals surface area contributed by atoms with Crippen LogP contribution in [0.5, 0.6) is 0 Å². The van der Waals surface area contributed by atoms with E-state index >= 15 is 0 Å². The fourth-order valence-electron chi connectivity index (χ4n) is 6.50. The van der Waals surface area contributed by atoms with Crippen LogP contribution in [0.15, 0.2) is 60.7 Å². The van der Waals surface area contributed by atoms with Crippen molar-refractivity contribution in [3.8, 4) is 0 Å². The molecule has 46 heavy (non-hydrogen) atoms. The number of hydroxylamine groups is 2. The molecular weight excluding hydrogens is 588 g/mol. The van der Waals surface area contributed by atoms with Gasteiger partial charge >= 0.3 is 6.09 Å². The van der Waals surface area contributed by atoms with Gasteiger partial charge in [-0.1, -0.05) is 50.3 Å². The number of halogens is 2. The number of amides is 2. The summed E-state index contributed by atoms with van der Waals surface area (Å²) in [7, 11) is 0. The molecule has 1 fully saturated rings. The molecule has 1 saturated heterocycles. The van der Waals surface area contributed by atoms with Crippen molar-refractivity contribution in [1.82, 2.24) is 15.7 Å². The van der Waals surface area contributed by atoms with E-state index in [0.29, 0.717) is 19.3 Å². The molecule has 0 aliphatic carbocycles. The van der Waals surface area contributed by atoms with Gasteiger partial charge in [0.1, 0.15) is 17.2 Å². The second kappa shape index (κ2) is 14.6. The number of nitrogens with one attached hydrogen (secondary N) is 2. The first-order valence-electron chi connectivity index (χ1n) is 16.2. The Hall–Kier alpha value is -3.30. The molecule has 1 aliphatic rings. The smallest absolute Gasteiger partial charge is 0.408 e. The van der Waals surface area contributed by atoms with Crippen molar-refractivity contribution in [2.45, 2.75) is 123 Å². The maximum atomic E-state index is 14.7. The monoisotopic (exact) mass is 640 g/mol. The summed E-state index contributed by atoms with van der Waals surface area (Å²) in [6.07, 6.45) is 5.02. The van der Waals surface area contributed by atoms with E-state index in [9.17, 15) is 23.6 Å². The summed E-state index contributed by atoms with van der Waals surface area (Å²) in [5.41, 5.74) is -1.84. The van der Waals surface area contributed by atoms with Crippen molar-refractivity contribution in [2.75, 3.05) is 0 Å². The number of carbonyl (C=O) groups is 2. The summed E-state index contributed by atoms with van der Waals surface area (Å²) in [4.78, 5) is 27.5. The Kier molecular flexibility index (Phi) is 11.8. The third kappa shape index (κ3) is 10.6. The van der Waals surface area contributed by atoms with Crippen LogP contribution < -0.4 is 10.6 Å². The zero-order valence-corrected chi connectivity index (χ0v) is 28.9. The highest BCUT2D eigenvalue weighted by molar-refractivity contribution is 5.86. The lowest BCUT2D eigenvalue weighted by molar-refractivity contribution is -0.290. The summed E-state index contributed by atoms with van der Waals surface area (Å²) in [5, 5.41) is 20.4. The van der Waals surface area contributed by atoms with Gasteiger partial charge in [-0.25, -0.2) is 13.6 Å². The number of benzene rings is 2. The lowest BCUT2D eigenvalue weighted by atomic mass is 9.73. The fourth-order valence-corrected chi connectivity index (χ4v) is 6.50. The Morgan fingerprint density at radius 2 is 1.37 bits per heavy atom. The second-order valence-electron chi connectivity index (χ2n) is 15.5. The van der Waals surface area contributed by atoms with Crippen molar-refractivity contribution in [2.24, 2.45) is 11.3 Å². The number of hydrogen-bond acceptors (Lipinski definition) is 4. The Morgan fingerprint density at radius 1 is 0.913 bits per heavy atom. The van der Waals surface area contributed by atoms with Gasteiger partial charge in [-0.15, -0.1) is 10.3 Å². The lowest BCUT2D eigenvalue weighted by Gasteiger charge is -2.50. The molecule has 9 heteroatoms. The molecule has 2 aromatic carbocycles. The quantitative estimate of drug-likeness (QED) is 0.246. The van der Waals surface area contributed by atoms with Crippen molar-refractivity contribution in [3.05, 3.63) is 83.4 Å². The van der Waals surface area contributed by atoms with Gasteiger partial charge in [0.15, 0.2) is 0 Å². The van der Waals surface area contributed by atoms with Gasteiger partial charge in [0, 0.05) is 17.1 Å². The van der Waals surface area contributed by atoms with Gasteiger partial charge in [0.25, 0.3) is 0 Å². The number of hydrogen-bond donors (Lipinski definition) is 2. The topological polar surface area (TPSA) is 90.6 Å².